The van der Waals surface area contributed by atoms with Crippen LogP contribution in [0.4, 0.5) is 0 Å². The summed E-state index contributed by atoms with van der Waals surface area (Å²) in [7, 11) is 1.60. The number of nitrogens with zero attached hydrogens (tertiary/aromatic N) is 4. The van der Waals surface area contributed by atoms with E-state index in [1.807, 2.05) is 24.6 Å². The predicted octanol–water partition coefficient (Wildman–Crippen LogP) is 0.411. The summed E-state index contributed by atoms with van der Waals surface area (Å²) >= 11 is 0. The van der Waals surface area contributed by atoms with Crippen molar-refractivity contribution in [3.05, 3.63) is 32.7 Å². The van der Waals surface area contributed by atoms with Crippen molar-refractivity contribution in [1.29, 1.82) is 0 Å². The molecule has 0 amide bonds. The van der Waals surface area contributed by atoms with Crippen molar-refractivity contribution in [2.75, 3.05) is 13.2 Å². The van der Waals surface area contributed by atoms with Crippen molar-refractivity contribution in [2.45, 2.75) is 26.8 Å². The minimum Gasteiger partial charge on any atom is -0.382 e. The topological polar surface area (TPSA) is 86.3 Å². The average molecular weight is 305 g/mol. The summed E-state index contributed by atoms with van der Waals surface area (Å²) in [6.07, 6.45) is 2.72. The maximum atomic E-state index is 12.1. The van der Waals surface area contributed by atoms with E-state index in [1.54, 1.807) is 11.4 Å². The van der Waals surface area contributed by atoms with Gasteiger partial charge in [0.25, 0.3) is 5.56 Å². The predicted molar refractivity (Wildman–Crippen MR) is 82.4 cm³/mol. The number of rotatable bonds is 5. The van der Waals surface area contributed by atoms with Gasteiger partial charge in [-0.05, 0) is 20.3 Å². The molecule has 0 fully saturated rings. The van der Waals surface area contributed by atoms with Gasteiger partial charge in [-0.3, -0.25) is 18.7 Å². The van der Waals surface area contributed by atoms with Crippen LogP contribution >= 0.6 is 0 Å². The molecule has 3 heterocycles. The van der Waals surface area contributed by atoms with E-state index < -0.39 is 11.2 Å². The maximum absolute atomic E-state index is 12.1. The highest BCUT2D eigenvalue weighted by Crippen LogP contribution is 2.16. The number of ether oxygens (including phenoxy) is 1. The van der Waals surface area contributed by atoms with Crippen LogP contribution in [0, 0.1) is 6.92 Å². The molecule has 22 heavy (non-hydrogen) atoms. The number of aryl methyl sites for hydroxylation is 3. The lowest BCUT2D eigenvalue weighted by Gasteiger charge is -2.05. The molecule has 0 aromatic carbocycles. The van der Waals surface area contributed by atoms with Crippen molar-refractivity contribution >= 4 is 16.9 Å². The number of nitrogens with one attached hydrogen (secondary N) is 1. The van der Waals surface area contributed by atoms with Crippen molar-refractivity contribution in [3.63, 3.8) is 0 Å². The number of H-pyrrole nitrogens is 1. The van der Waals surface area contributed by atoms with E-state index in [4.69, 9.17) is 4.74 Å². The minimum absolute atomic E-state index is 0.391. The van der Waals surface area contributed by atoms with Gasteiger partial charge in [0.2, 0.25) is 5.78 Å². The van der Waals surface area contributed by atoms with Crippen LogP contribution in [0.25, 0.3) is 16.9 Å². The smallest absolute Gasteiger partial charge is 0.329 e. The Kier molecular flexibility index (Phi) is 3.61. The molecule has 0 bridgehead atoms. The Balaban J connectivity index is 2.15. The molecule has 0 unspecified atom stereocenters. The normalized spacial score (nSPS) is 11.8. The molecule has 118 valence electrons. The Morgan fingerprint density at radius 3 is 2.86 bits per heavy atom. The lowest BCUT2D eigenvalue weighted by Crippen LogP contribution is -2.28. The molecular formula is C14H19N5O3. The third kappa shape index (κ3) is 2.16. The van der Waals surface area contributed by atoms with Gasteiger partial charge in [-0.1, -0.05) is 0 Å². The number of hydrogen-bond acceptors (Lipinski definition) is 4. The maximum Gasteiger partial charge on any atom is 0.329 e. The van der Waals surface area contributed by atoms with Gasteiger partial charge >= 0.3 is 5.69 Å². The van der Waals surface area contributed by atoms with E-state index in [-0.39, 0.29) is 0 Å². The summed E-state index contributed by atoms with van der Waals surface area (Å²) in [5.74, 6) is 0.663. The molecule has 0 aliphatic heterocycles. The zero-order chi connectivity index (χ0) is 15.9. The van der Waals surface area contributed by atoms with E-state index in [1.165, 1.54) is 4.57 Å². The van der Waals surface area contributed by atoms with Gasteiger partial charge in [-0.2, -0.15) is 4.98 Å². The first-order chi connectivity index (χ1) is 10.5. The molecule has 1 N–H and O–H groups in total. The number of aromatic nitrogens is 5. The van der Waals surface area contributed by atoms with E-state index in [0.717, 1.165) is 18.7 Å². The lowest BCUT2D eigenvalue weighted by molar-refractivity contribution is 0.142. The second-order valence-corrected chi connectivity index (χ2v) is 5.24. The quantitative estimate of drug-likeness (QED) is 0.692. The zero-order valence-corrected chi connectivity index (χ0v) is 12.9. The van der Waals surface area contributed by atoms with Crippen LogP contribution in [0.5, 0.6) is 0 Å². The highest BCUT2D eigenvalue weighted by molar-refractivity contribution is 5.75. The van der Waals surface area contributed by atoms with Crippen LogP contribution in [-0.4, -0.2) is 36.7 Å². The Bertz CT molecular complexity index is 943. The molecule has 8 heteroatoms. The molecule has 0 saturated carbocycles. The van der Waals surface area contributed by atoms with Gasteiger partial charge in [-0.15, -0.1) is 0 Å². The van der Waals surface area contributed by atoms with Crippen molar-refractivity contribution in [2.24, 2.45) is 7.05 Å². The van der Waals surface area contributed by atoms with Gasteiger partial charge in [-0.25, -0.2) is 4.79 Å². The molecule has 0 aliphatic rings. The van der Waals surface area contributed by atoms with Gasteiger partial charge in [0, 0.05) is 38.7 Å². The molecular weight excluding hydrogens is 286 g/mol. The summed E-state index contributed by atoms with van der Waals surface area (Å²) in [5, 5.41) is 0. The van der Waals surface area contributed by atoms with E-state index in [9.17, 15) is 9.59 Å². The van der Waals surface area contributed by atoms with E-state index in [0.29, 0.717) is 30.2 Å². The number of imidazole rings is 2. The average Bonchev–Trinajstić information content (AvgIpc) is 2.97. The van der Waals surface area contributed by atoms with Crippen molar-refractivity contribution < 1.29 is 4.74 Å². The number of fused-ring (bicyclic) bond motifs is 3. The van der Waals surface area contributed by atoms with Gasteiger partial charge in [0.05, 0.1) is 0 Å². The number of aromatic amines is 1. The zero-order valence-electron chi connectivity index (χ0n) is 12.9. The van der Waals surface area contributed by atoms with Crippen LogP contribution in [0.1, 0.15) is 19.0 Å². The summed E-state index contributed by atoms with van der Waals surface area (Å²) in [6, 6.07) is 0. The first-order valence-corrected chi connectivity index (χ1v) is 7.29. The molecule has 3 aromatic heterocycles. The fraction of sp³-hybridized carbons (Fsp3) is 0.500. The Morgan fingerprint density at radius 2 is 2.14 bits per heavy atom. The summed E-state index contributed by atoms with van der Waals surface area (Å²) in [5.41, 5.74) is 0.912. The van der Waals surface area contributed by atoms with Gasteiger partial charge < -0.3 is 9.30 Å². The first-order valence-electron chi connectivity index (χ1n) is 7.29. The Hall–Kier alpha value is -2.35. The second-order valence-electron chi connectivity index (χ2n) is 5.24. The van der Waals surface area contributed by atoms with Crippen LogP contribution in [0.15, 0.2) is 15.8 Å². The van der Waals surface area contributed by atoms with Crippen LogP contribution in [-0.2, 0) is 18.3 Å². The summed E-state index contributed by atoms with van der Waals surface area (Å²) in [4.78, 5) is 30.6. The van der Waals surface area contributed by atoms with E-state index in [2.05, 4.69) is 9.97 Å². The molecule has 3 rings (SSSR count). The Labute approximate surface area is 126 Å². The lowest BCUT2D eigenvalue weighted by atomic mass is 10.4. The molecule has 8 nitrogen and oxygen atoms in total. The molecule has 0 aliphatic carbocycles. The fourth-order valence-corrected chi connectivity index (χ4v) is 2.66. The highest BCUT2D eigenvalue weighted by Gasteiger charge is 2.16. The minimum atomic E-state index is -0.460. The summed E-state index contributed by atoms with van der Waals surface area (Å²) < 4.78 is 10.5. The van der Waals surface area contributed by atoms with Gasteiger partial charge in [0.15, 0.2) is 11.2 Å². The first kappa shape index (κ1) is 14.6. The molecule has 0 atom stereocenters. The van der Waals surface area contributed by atoms with Crippen molar-refractivity contribution in [1.82, 2.24) is 23.5 Å². The molecule has 3 aromatic rings. The SMILES string of the molecule is CCOCCCn1c(C)cn2c3c(=O)[nH]c(=O)n(C)c3nc12. The Morgan fingerprint density at radius 1 is 1.36 bits per heavy atom. The largest absolute Gasteiger partial charge is 0.382 e. The van der Waals surface area contributed by atoms with E-state index >= 15 is 0 Å². The monoisotopic (exact) mass is 305 g/mol. The third-order valence-corrected chi connectivity index (χ3v) is 3.79. The molecule has 0 saturated heterocycles. The highest BCUT2D eigenvalue weighted by atomic mass is 16.5. The third-order valence-electron chi connectivity index (χ3n) is 3.79. The second kappa shape index (κ2) is 5.45. The molecule has 0 spiro atoms. The van der Waals surface area contributed by atoms with Crippen molar-refractivity contribution in [3.8, 4) is 0 Å². The fourth-order valence-electron chi connectivity index (χ4n) is 2.66. The van der Waals surface area contributed by atoms with Crippen LogP contribution < -0.4 is 11.2 Å². The standard InChI is InChI=1S/C14H19N5O3/c1-4-22-7-5-6-18-9(2)8-19-10-11(15-13(18)19)17(3)14(21)16-12(10)20/h8H,4-7H2,1-3H3,(H,16,20,21). The van der Waals surface area contributed by atoms with Crippen LogP contribution in [0.3, 0.4) is 0 Å². The van der Waals surface area contributed by atoms with Crippen LogP contribution in [0.2, 0.25) is 0 Å². The van der Waals surface area contributed by atoms with Gasteiger partial charge in [0.1, 0.15) is 0 Å². The number of hydrogen-bond donors (Lipinski definition) is 1. The molecule has 0 radical (unpaired) electrons. The summed E-state index contributed by atoms with van der Waals surface area (Å²) in [6.45, 7) is 6.06.